The van der Waals surface area contributed by atoms with Crippen LogP contribution in [0.3, 0.4) is 0 Å². The second-order valence-electron chi connectivity index (χ2n) is 4.91. The summed E-state index contributed by atoms with van der Waals surface area (Å²) >= 11 is 0. The van der Waals surface area contributed by atoms with E-state index in [9.17, 15) is 4.79 Å². The molecule has 1 fully saturated rings. The summed E-state index contributed by atoms with van der Waals surface area (Å²) in [6.07, 6.45) is 6.79. The van der Waals surface area contributed by atoms with Crippen molar-refractivity contribution in [3.63, 3.8) is 0 Å². The maximum Gasteiger partial charge on any atom is 0.274 e. The van der Waals surface area contributed by atoms with Gasteiger partial charge in [0.25, 0.3) is 5.82 Å². The van der Waals surface area contributed by atoms with Gasteiger partial charge in [0, 0.05) is 12.1 Å². The van der Waals surface area contributed by atoms with Crippen LogP contribution in [0.4, 0.5) is 5.82 Å². The van der Waals surface area contributed by atoms with Crippen LogP contribution in [0.1, 0.15) is 5.76 Å². The third-order valence-electron chi connectivity index (χ3n) is 3.56. The minimum Gasteiger partial charge on any atom is -0.465 e. The van der Waals surface area contributed by atoms with Crippen LogP contribution in [-0.2, 0) is 4.79 Å². The number of amides is 1. The lowest BCUT2D eigenvalue weighted by Crippen LogP contribution is -2.49. The molecule has 3 heterocycles. The van der Waals surface area contributed by atoms with Crippen molar-refractivity contribution in [2.45, 2.75) is 0 Å². The van der Waals surface area contributed by atoms with Crippen molar-refractivity contribution in [1.82, 2.24) is 4.90 Å². The molecule has 21 heavy (non-hydrogen) atoms. The number of anilines is 1. The second-order valence-corrected chi connectivity index (χ2v) is 4.91. The fourth-order valence-electron chi connectivity index (χ4n) is 2.39. The second kappa shape index (κ2) is 6.26. The highest BCUT2D eigenvalue weighted by atomic mass is 16.3. The Morgan fingerprint density at radius 3 is 2.67 bits per heavy atom. The molecule has 0 aromatic carbocycles. The van der Waals surface area contributed by atoms with Crippen molar-refractivity contribution in [3.05, 3.63) is 54.6 Å². The van der Waals surface area contributed by atoms with Crippen molar-refractivity contribution in [2.24, 2.45) is 0 Å². The molecule has 1 amide bonds. The third kappa shape index (κ3) is 3.31. The Balaban J connectivity index is 1.55. The van der Waals surface area contributed by atoms with Crippen molar-refractivity contribution < 1.29 is 14.2 Å². The van der Waals surface area contributed by atoms with Crippen molar-refractivity contribution in [3.8, 4) is 0 Å². The Labute approximate surface area is 123 Å². The molecule has 2 aromatic heterocycles. The molecule has 1 aliphatic heterocycles. The smallest absolute Gasteiger partial charge is 0.274 e. The van der Waals surface area contributed by atoms with E-state index in [1.165, 1.54) is 0 Å². The molecule has 5 nitrogen and oxygen atoms in total. The summed E-state index contributed by atoms with van der Waals surface area (Å²) in [5.41, 5.74) is 0. The van der Waals surface area contributed by atoms with Gasteiger partial charge in [-0.05, 0) is 24.3 Å². The first-order chi connectivity index (χ1) is 10.3. The van der Waals surface area contributed by atoms with Gasteiger partial charge in [0.05, 0.1) is 25.5 Å². The Morgan fingerprint density at radius 1 is 1.14 bits per heavy atom. The average molecular weight is 284 g/mol. The van der Waals surface area contributed by atoms with Crippen molar-refractivity contribution >= 4 is 17.8 Å². The zero-order valence-corrected chi connectivity index (χ0v) is 11.7. The number of nitrogens with zero attached hydrogens (tertiary/aromatic N) is 2. The molecule has 3 rings (SSSR count). The molecule has 108 valence electrons. The average Bonchev–Trinajstić information content (AvgIpc) is 3.07. The van der Waals surface area contributed by atoms with E-state index >= 15 is 0 Å². The van der Waals surface area contributed by atoms with Crippen LogP contribution >= 0.6 is 0 Å². The van der Waals surface area contributed by atoms with Gasteiger partial charge in [0.1, 0.15) is 18.8 Å². The van der Waals surface area contributed by atoms with Gasteiger partial charge in [-0.3, -0.25) is 9.69 Å². The Morgan fingerprint density at radius 2 is 2.00 bits per heavy atom. The fourth-order valence-corrected chi connectivity index (χ4v) is 2.39. The summed E-state index contributed by atoms with van der Waals surface area (Å²) in [5.74, 6) is 1.82. The number of furan rings is 1. The molecular weight excluding hydrogens is 266 g/mol. The van der Waals surface area contributed by atoms with E-state index in [2.05, 4.69) is 9.88 Å². The predicted molar refractivity (Wildman–Crippen MR) is 79.5 cm³/mol. The lowest BCUT2D eigenvalue weighted by molar-refractivity contribution is -0.364. The first kappa shape index (κ1) is 13.4. The number of pyridine rings is 1. The predicted octanol–water partition coefficient (Wildman–Crippen LogP) is 1.46. The van der Waals surface area contributed by atoms with Gasteiger partial charge >= 0.3 is 0 Å². The highest BCUT2D eigenvalue weighted by Crippen LogP contribution is 2.10. The highest BCUT2D eigenvalue weighted by molar-refractivity contribution is 5.91. The maximum atomic E-state index is 12.1. The van der Waals surface area contributed by atoms with Gasteiger partial charge < -0.3 is 9.32 Å². The Bertz CT molecular complexity index is 600. The largest absolute Gasteiger partial charge is 0.465 e. The van der Waals surface area contributed by atoms with Gasteiger partial charge in [-0.2, -0.15) is 0 Å². The monoisotopic (exact) mass is 284 g/mol. The van der Waals surface area contributed by atoms with E-state index in [0.717, 1.165) is 32.0 Å². The van der Waals surface area contributed by atoms with Crippen LogP contribution in [0.15, 0.2) is 53.3 Å². The van der Waals surface area contributed by atoms with E-state index in [-0.39, 0.29) is 5.91 Å². The van der Waals surface area contributed by atoms with Crippen LogP contribution in [0.5, 0.6) is 0 Å². The molecule has 0 atom stereocenters. The number of carbonyl (C=O) groups is 1. The molecule has 2 aromatic rings. The summed E-state index contributed by atoms with van der Waals surface area (Å²) < 4.78 is 5.18. The topological polar surface area (TPSA) is 50.8 Å². The molecule has 1 saturated heterocycles. The van der Waals surface area contributed by atoms with E-state index in [0.29, 0.717) is 5.76 Å². The summed E-state index contributed by atoms with van der Waals surface area (Å²) in [6.45, 7) is 3.12. The first-order valence-electron chi connectivity index (χ1n) is 7.05. The highest BCUT2D eigenvalue weighted by Gasteiger charge is 2.24. The molecule has 0 unspecified atom stereocenters. The van der Waals surface area contributed by atoms with Gasteiger partial charge in [-0.1, -0.05) is 6.07 Å². The minimum absolute atomic E-state index is 0.0306. The summed E-state index contributed by atoms with van der Waals surface area (Å²) in [5, 5.41) is 0. The van der Waals surface area contributed by atoms with Gasteiger partial charge in [0.2, 0.25) is 5.91 Å². The Hall–Kier alpha value is -2.56. The SMILES string of the molecule is O=C(/C=C/c1ccco1)N1CCN(c2cccc[nH+]2)CC1. The van der Waals surface area contributed by atoms with Crippen molar-refractivity contribution in [2.75, 3.05) is 31.1 Å². The number of carbonyl (C=O) groups excluding carboxylic acids is 1. The molecule has 0 spiro atoms. The molecule has 1 aliphatic rings. The summed E-state index contributed by atoms with van der Waals surface area (Å²) in [6, 6.07) is 9.65. The normalized spacial score (nSPS) is 15.6. The van der Waals surface area contributed by atoms with Crippen LogP contribution in [0, 0.1) is 0 Å². The first-order valence-corrected chi connectivity index (χ1v) is 7.05. The van der Waals surface area contributed by atoms with E-state index < -0.39 is 0 Å². The van der Waals surface area contributed by atoms with Gasteiger partial charge in [0.15, 0.2) is 0 Å². The van der Waals surface area contributed by atoms with Crippen LogP contribution in [0.25, 0.3) is 6.08 Å². The third-order valence-corrected chi connectivity index (χ3v) is 3.56. The van der Waals surface area contributed by atoms with E-state index in [4.69, 9.17) is 4.42 Å². The minimum atomic E-state index is 0.0306. The van der Waals surface area contributed by atoms with Crippen LogP contribution in [0.2, 0.25) is 0 Å². The molecule has 5 heteroatoms. The Kier molecular flexibility index (Phi) is 4.00. The number of piperazine rings is 1. The van der Waals surface area contributed by atoms with Crippen molar-refractivity contribution in [1.29, 1.82) is 0 Å². The van der Waals surface area contributed by atoms with E-state index in [1.54, 1.807) is 24.5 Å². The van der Waals surface area contributed by atoms with Gasteiger partial charge in [-0.15, -0.1) is 0 Å². The maximum absolute atomic E-state index is 12.1. The lowest BCUT2D eigenvalue weighted by Gasteiger charge is -2.30. The number of H-pyrrole nitrogens is 1. The summed E-state index contributed by atoms with van der Waals surface area (Å²) in [4.78, 5) is 19.4. The quantitative estimate of drug-likeness (QED) is 0.802. The molecule has 0 aliphatic carbocycles. The van der Waals surface area contributed by atoms with Gasteiger partial charge in [-0.25, -0.2) is 4.98 Å². The standard InChI is InChI=1S/C16H17N3O2/c20-16(7-6-14-4-3-13-21-14)19-11-9-18(10-12-19)15-5-1-2-8-17-15/h1-8,13H,9-12H2/p+1/b7-6+. The lowest BCUT2D eigenvalue weighted by atomic mass is 10.3. The molecule has 1 N–H and O–H groups in total. The molecule has 0 radical (unpaired) electrons. The van der Waals surface area contributed by atoms with E-state index in [1.807, 2.05) is 35.4 Å². The van der Waals surface area contributed by atoms with Crippen LogP contribution < -0.4 is 9.88 Å². The number of nitrogens with one attached hydrogen (secondary N) is 1. The zero-order chi connectivity index (χ0) is 14.5. The number of hydrogen-bond acceptors (Lipinski definition) is 3. The fraction of sp³-hybridized carbons (Fsp3) is 0.250. The number of rotatable bonds is 3. The number of hydrogen-bond donors (Lipinski definition) is 0. The zero-order valence-electron chi connectivity index (χ0n) is 11.7. The molecular formula is C16H18N3O2+. The molecule has 0 saturated carbocycles. The number of aromatic nitrogens is 1. The number of aromatic amines is 1. The van der Waals surface area contributed by atoms with Crippen LogP contribution in [-0.4, -0.2) is 37.0 Å². The summed E-state index contributed by atoms with van der Waals surface area (Å²) in [7, 11) is 0. The molecule has 0 bridgehead atoms.